The Bertz CT molecular complexity index is 1660. The molecule has 43 heavy (non-hydrogen) atoms. The molecule has 0 saturated carbocycles. The maximum Gasteiger partial charge on any atom is 0.259 e. The van der Waals surface area contributed by atoms with Crippen molar-refractivity contribution in [2.24, 2.45) is 16.3 Å². The summed E-state index contributed by atoms with van der Waals surface area (Å²) in [6.07, 6.45) is 4.60. The van der Waals surface area contributed by atoms with Gasteiger partial charge in [-0.05, 0) is 100 Å². The smallest absolute Gasteiger partial charge is 0.259 e. The van der Waals surface area contributed by atoms with Crippen molar-refractivity contribution in [3.63, 3.8) is 0 Å². The van der Waals surface area contributed by atoms with E-state index in [2.05, 4.69) is 42.0 Å². The van der Waals surface area contributed by atoms with Gasteiger partial charge >= 0.3 is 0 Å². The van der Waals surface area contributed by atoms with Crippen LogP contribution in [0.15, 0.2) is 70.1 Å². The molecule has 1 aliphatic rings. The SMILES string of the molecule is COc1cc(C=Nc2sc3c(c2C(=O)Nc2ccc(Cl)cc2)CC[C@@H](C(C)(C)C)C3)cc(Br)c1OCc1ccccc1Cl. The van der Waals surface area contributed by atoms with Crippen molar-refractivity contribution in [3.05, 3.63) is 102 Å². The predicted molar refractivity (Wildman–Crippen MR) is 182 cm³/mol. The van der Waals surface area contributed by atoms with Gasteiger partial charge in [-0.1, -0.05) is 62.2 Å². The van der Waals surface area contributed by atoms with Crippen molar-refractivity contribution < 1.29 is 14.3 Å². The van der Waals surface area contributed by atoms with E-state index >= 15 is 0 Å². The Balaban J connectivity index is 1.45. The van der Waals surface area contributed by atoms with Gasteiger partial charge in [0.1, 0.15) is 11.6 Å². The highest BCUT2D eigenvalue weighted by atomic mass is 79.9. The van der Waals surface area contributed by atoms with Crippen LogP contribution in [-0.2, 0) is 19.4 Å². The van der Waals surface area contributed by atoms with Gasteiger partial charge in [0.15, 0.2) is 11.5 Å². The second kappa shape index (κ2) is 13.4. The van der Waals surface area contributed by atoms with Crippen molar-refractivity contribution in [1.29, 1.82) is 0 Å². The molecule has 1 amide bonds. The minimum atomic E-state index is -0.164. The van der Waals surface area contributed by atoms with Crippen LogP contribution in [0.2, 0.25) is 10.0 Å². The minimum Gasteiger partial charge on any atom is -0.493 e. The molecule has 0 radical (unpaired) electrons. The van der Waals surface area contributed by atoms with Crippen molar-refractivity contribution in [2.75, 3.05) is 12.4 Å². The first-order chi connectivity index (χ1) is 20.5. The number of fused-ring (bicyclic) bond motifs is 1. The van der Waals surface area contributed by atoms with Gasteiger partial charge in [0, 0.05) is 32.4 Å². The fourth-order valence-electron chi connectivity index (χ4n) is 5.22. The number of anilines is 1. The molecule has 5 nitrogen and oxygen atoms in total. The molecular formula is C34H33BrCl2N2O3S. The fraction of sp³-hybridized carbons (Fsp3) is 0.294. The monoisotopic (exact) mass is 698 g/mol. The molecule has 9 heteroatoms. The second-order valence-corrected chi connectivity index (χ2v) is 14.4. The number of carbonyl (C=O) groups excluding carboxylic acids is 1. The summed E-state index contributed by atoms with van der Waals surface area (Å²) in [5, 5.41) is 5.00. The van der Waals surface area contributed by atoms with E-state index in [0.717, 1.165) is 40.4 Å². The zero-order chi connectivity index (χ0) is 30.7. The quantitative estimate of drug-likeness (QED) is 0.186. The number of methoxy groups -OCH3 is 1. The Labute approximate surface area is 275 Å². The summed E-state index contributed by atoms with van der Waals surface area (Å²) in [6.45, 7) is 7.16. The third kappa shape index (κ3) is 7.46. The lowest BCUT2D eigenvalue weighted by molar-refractivity contribution is 0.102. The number of thiophene rings is 1. The van der Waals surface area contributed by atoms with Gasteiger partial charge in [-0.3, -0.25) is 4.79 Å². The fourth-order valence-corrected chi connectivity index (χ4v) is 7.37. The first-order valence-electron chi connectivity index (χ1n) is 14.0. The van der Waals surface area contributed by atoms with Crippen LogP contribution in [0.1, 0.15) is 59.1 Å². The largest absolute Gasteiger partial charge is 0.493 e. The third-order valence-electron chi connectivity index (χ3n) is 7.71. The number of ether oxygens (including phenoxy) is 2. The van der Waals surface area contributed by atoms with Crippen LogP contribution in [0, 0.1) is 11.3 Å². The summed E-state index contributed by atoms with van der Waals surface area (Å²) in [4.78, 5) is 19.8. The van der Waals surface area contributed by atoms with E-state index in [4.69, 9.17) is 37.7 Å². The lowest BCUT2D eigenvalue weighted by Crippen LogP contribution is -2.27. The van der Waals surface area contributed by atoms with Gasteiger partial charge in [0.05, 0.1) is 17.1 Å². The van der Waals surface area contributed by atoms with Crippen molar-refractivity contribution in [1.82, 2.24) is 0 Å². The topological polar surface area (TPSA) is 59.9 Å². The Hall–Kier alpha value is -2.84. The van der Waals surface area contributed by atoms with E-state index in [0.29, 0.717) is 50.3 Å². The van der Waals surface area contributed by atoms with Crippen LogP contribution in [0.4, 0.5) is 10.7 Å². The molecule has 224 valence electrons. The molecule has 4 aromatic rings. The molecule has 1 heterocycles. The highest BCUT2D eigenvalue weighted by molar-refractivity contribution is 9.10. The van der Waals surface area contributed by atoms with E-state index in [1.54, 1.807) is 48.9 Å². The molecule has 1 aliphatic carbocycles. The van der Waals surface area contributed by atoms with Crippen LogP contribution >= 0.6 is 50.5 Å². The van der Waals surface area contributed by atoms with Crippen molar-refractivity contribution in [2.45, 2.75) is 46.6 Å². The Morgan fingerprint density at radius 3 is 2.58 bits per heavy atom. The Morgan fingerprint density at radius 2 is 1.88 bits per heavy atom. The summed E-state index contributed by atoms with van der Waals surface area (Å²) in [5.41, 5.74) is 4.31. The number of hydrogen-bond acceptors (Lipinski definition) is 5. The summed E-state index contributed by atoms with van der Waals surface area (Å²) >= 11 is 17.6. The maximum atomic E-state index is 13.7. The minimum absolute atomic E-state index is 0.164. The normalized spacial score (nSPS) is 14.9. The van der Waals surface area contributed by atoms with Crippen LogP contribution in [0.5, 0.6) is 11.5 Å². The number of halogens is 3. The van der Waals surface area contributed by atoms with Gasteiger partial charge in [0.2, 0.25) is 0 Å². The average Bonchev–Trinajstić information content (AvgIpc) is 3.34. The van der Waals surface area contributed by atoms with Crippen LogP contribution in [0.3, 0.4) is 0 Å². The van der Waals surface area contributed by atoms with Gasteiger partial charge in [-0.15, -0.1) is 11.3 Å². The lowest BCUT2D eigenvalue weighted by atomic mass is 9.72. The number of nitrogens with zero attached hydrogens (tertiary/aromatic N) is 1. The summed E-state index contributed by atoms with van der Waals surface area (Å²) in [7, 11) is 1.60. The van der Waals surface area contributed by atoms with Gasteiger partial charge in [0.25, 0.3) is 5.91 Å². The molecule has 3 aromatic carbocycles. The zero-order valence-corrected chi connectivity index (χ0v) is 28.4. The molecule has 1 N–H and O–H groups in total. The third-order valence-corrected chi connectivity index (χ3v) is 10.1. The van der Waals surface area contributed by atoms with Crippen molar-refractivity contribution >= 4 is 73.3 Å². The van der Waals surface area contributed by atoms with Crippen molar-refractivity contribution in [3.8, 4) is 11.5 Å². The molecule has 0 bridgehead atoms. The standard InChI is InChI=1S/C34H33BrCl2N2O3S/c1-34(2,3)22-9-14-25-29(17-22)43-33(30(25)32(40)39-24-12-10-23(36)11-13-24)38-18-20-15-26(35)31(28(16-20)41-4)42-19-21-7-5-6-8-27(21)37/h5-8,10-13,15-16,18,22H,9,14,17,19H2,1-4H3,(H,39,40)/t22-/m1/s1. The molecule has 0 aliphatic heterocycles. The molecule has 0 unspecified atom stereocenters. The molecule has 0 spiro atoms. The average molecular weight is 701 g/mol. The molecule has 1 aromatic heterocycles. The van der Waals surface area contributed by atoms with Crippen LogP contribution in [-0.4, -0.2) is 19.2 Å². The number of carbonyl (C=O) groups is 1. The number of aliphatic imine (C=N–C) groups is 1. The van der Waals surface area contributed by atoms with E-state index in [1.165, 1.54) is 4.88 Å². The number of hydrogen-bond donors (Lipinski definition) is 1. The molecule has 0 saturated heterocycles. The number of rotatable bonds is 8. The van der Waals surface area contributed by atoms with Gasteiger partial charge < -0.3 is 14.8 Å². The predicted octanol–water partition coefficient (Wildman–Crippen LogP) is 10.6. The molecule has 0 fully saturated rings. The Morgan fingerprint density at radius 1 is 1.14 bits per heavy atom. The molecule has 1 atom stereocenters. The van der Waals surface area contributed by atoms with E-state index in [9.17, 15) is 4.79 Å². The number of benzene rings is 3. The highest BCUT2D eigenvalue weighted by Crippen LogP contribution is 2.46. The first kappa shape index (κ1) is 31.6. The number of amides is 1. The summed E-state index contributed by atoms with van der Waals surface area (Å²) in [6, 6.07) is 18.5. The molecular weight excluding hydrogens is 667 g/mol. The van der Waals surface area contributed by atoms with E-state index < -0.39 is 0 Å². The van der Waals surface area contributed by atoms with E-state index in [1.807, 2.05) is 36.4 Å². The maximum absolute atomic E-state index is 13.7. The van der Waals surface area contributed by atoms with Gasteiger partial charge in [-0.25, -0.2) is 4.99 Å². The zero-order valence-electron chi connectivity index (χ0n) is 24.5. The van der Waals surface area contributed by atoms with Crippen LogP contribution < -0.4 is 14.8 Å². The number of nitrogens with one attached hydrogen (secondary N) is 1. The van der Waals surface area contributed by atoms with Crippen LogP contribution in [0.25, 0.3) is 0 Å². The summed E-state index contributed by atoms with van der Waals surface area (Å²) in [5.74, 6) is 1.51. The summed E-state index contributed by atoms with van der Waals surface area (Å²) < 4.78 is 12.5. The second-order valence-electron chi connectivity index (χ2n) is 11.6. The molecule has 5 rings (SSSR count). The lowest BCUT2D eigenvalue weighted by Gasteiger charge is -2.33. The van der Waals surface area contributed by atoms with Gasteiger partial charge in [-0.2, -0.15) is 0 Å². The van der Waals surface area contributed by atoms with E-state index in [-0.39, 0.29) is 11.3 Å². The highest BCUT2D eigenvalue weighted by Gasteiger charge is 2.33. The first-order valence-corrected chi connectivity index (χ1v) is 16.4. The Kier molecular flexibility index (Phi) is 9.86.